The van der Waals surface area contributed by atoms with E-state index in [2.05, 4.69) is 41.0 Å². The molecule has 10 heteroatoms. The molecule has 6 rings (SSSR count). The van der Waals surface area contributed by atoms with Crippen molar-refractivity contribution in [1.29, 1.82) is 0 Å². The van der Waals surface area contributed by atoms with E-state index in [0.29, 0.717) is 51.0 Å². The molecule has 0 spiro atoms. The number of carbonyl (C=O) groups is 1. The molecule has 0 radical (unpaired) electrons. The van der Waals surface area contributed by atoms with Gasteiger partial charge in [-0.3, -0.25) is 14.4 Å². The Morgan fingerprint density at radius 2 is 1.77 bits per heavy atom. The third-order valence-corrected chi connectivity index (χ3v) is 10.8. The van der Waals surface area contributed by atoms with Gasteiger partial charge in [0.25, 0.3) is 0 Å². The zero-order chi connectivity index (χ0) is 31.3. The quantitative estimate of drug-likeness (QED) is 0.306. The fraction of sp³-hybridized carbons (Fsp3) is 0.559. The van der Waals surface area contributed by atoms with Gasteiger partial charge in [-0.05, 0) is 99.1 Å². The lowest BCUT2D eigenvalue weighted by Crippen LogP contribution is -2.42. The Labute approximate surface area is 262 Å². The van der Waals surface area contributed by atoms with Crippen molar-refractivity contribution in [3.63, 3.8) is 0 Å². The van der Waals surface area contributed by atoms with E-state index in [1.807, 2.05) is 18.9 Å². The van der Waals surface area contributed by atoms with Crippen LogP contribution in [0.3, 0.4) is 0 Å². The van der Waals surface area contributed by atoms with E-state index in [1.54, 1.807) is 11.0 Å². The standard InChI is InChI=1S/C34H41ClF3N5O/c1-20-13-29(34(2,3)33-39-19-40-41(33)4)26(17-30(20)35)21-7-10-42(11-8-21)32(44)28-16-24(43-12-9-23(37)18-43)15-27(28)25-6-5-22(36)14-31(25)38/h5-6,13-14,17,19,21,23-24,27-28H,7-12,15-16,18H2,1-4H3/t23-,24?,27?,28?/m0/s1. The second-order valence-electron chi connectivity index (χ2n) is 13.5. The van der Waals surface area contributed by atoms with Crippen LogP contribution in [-0.2, 0) is 17.3 Å². The third-order valence-electron chi connectivity index (χ3n) is 10.4. The third kappa shape index (κ3) is 5.78. The van der Waals surface area contributed by atoms with Gasteiger partial charge in [0.2, 0.25) is 5.91 Å². The largest absolute Gasteiger partial charge is 0.342 e. The van der Waals surface area contributed by atoms with Gasteiger partial charge in [0.1, 0.15) is 30.0 Å². The van der Waals surface area contributed by atoms with E-state index in [1.165, 1.54) is 17.7 Å². The number of alkyl halides is 1. The van der Waals surface area contributed by atoms with Crippen LogP contribution in [0.4, 0.5) is 13.2 Å². The van der Waals surface area contributed by atoms with Crippen LogP contribution in [0.1, 0.15) is 85.9 Å². The van der Waals surface area contributed by atoms with Gasteiger partial charge in [-0.1, -0.05) is 23.7 Å². The zero-order valence-corrected chi connectivity index (χ0v) is 26.6. The fourth-order valence-corrected chi connectivity index (χ4v) is 8.18. The molecule has 3 aromatic rings. The fourth-order valence-electron chi connectivity index (χ4n) is 8.01. The molecule has 3 aliphatic rings. The number of nitrogens with zero attached hydrogens (tertiary/aromatic N) is 5. The molecule has 3 fully saturated rings. The number of rotatable bonds is 6. The van der Waals surface area contributed by atoms with Crippen molar-refractivity contribution >= 4 is 17.5 Å². The molecule has 3 heterocycles. The molecule has 3 unspecified atom stereocenters. The first-order valence-electron chi connectivity index (χ1n) is 15.7. The van der Waals surface area contributed by atoms with Gasteiger partial charge in [-0.25, -0.2) is 18.2 Å². The molecule has 2 aromatic carbocycles. The summed E-state index contributed by atoms with van der Waals surface area (Å²) in [4.78, 5) is 22.7. The first-order valence-corrected chi connectivity index (χ1v) is 16.1. The predicted octanol–water partition coefficient (Wildman–Crippen LogP) is 6.69. The van der Waals surface area contributed by atoms with Gasteiger partial charge in [-0.15, -0.1) is 0 Å². The van der Waals surface area contributed by atoms with Crippen molar-refractivity contribution in [2.24, 2.45) is 13.0 Å². The first-order chi connectivity index (χ1) is 20.9. The normalized spacial score (nSPS) is 25.2. The molecular formula is C34H41ClF3N5O. The summed E-state index contributed by atoms with van der Waals surface area (Å²) in [6.45, 7) is 8.46. The van der Waals surface area contributed by atoms with Crippen molar-refractivity contribution < 1.29 is 18.0 Å². The molecule has 44 heavy (non-hydrogen) atoms. The monoisotopic (exact) mass is 627 g/mol. The molecule has 1 saturated carbocycles. The van der Waals surface area contributed by atoms with Gasteiger partial charge >= 0.3 is 0 Å². The molecule has 4 atom stereocenters. The van der Waals surface area contributed by atoms with Crippen LogP contribution < -0.4 is 0 Å². The molecule has 1 amide bonds. The highest BCUT2D eigenvalue weighted by molar-refractivity contribution is 6.31. The van der Waals surface area contributed by atoms with Gasteiger partial charge in [0.15, 0.2) is 0 Å². The number of hydrogen-bond acceptors (Lipinski definition) is 4. The van der Waals surface area contributed by atoms with E-state index in [4.69, 9.17) is 11.6 Å². The summed E-state index contributed by atoms with van der Waals surface area (Å²) < 4.78 is 44.7. The van der Waals surface area contributed by atoms with Gasteiger partial charge in [-0.2, -0.15) is 5.10 Å². The number of amides is 1. The molecule has 1 aromatic heterocycles. The van der Waals surface area contributed by atoms with Crippen LogP contribution in [0.5, 0.6) is 0 Å². The van der Waals surface area contributed by atoms with Crippen molar-refractivity contribution in [1.82, 2.24) is 24.6 Å². The highest BCUT2D eigenvalue weighted by Gasteiger charge is 2.46. The highest BCUT2D eigenvalue weighted by Crippen LogP contribution is 2.46. The van der Waals surface area contributed by atoms with E-state index in [9.17, 15) is 13.6 Å². The van der Waals surface area contributed by atoms with E-state index < -0.39 is 29.1 Å². The minimum absolute atomic E-state index is 0.00297. The average molecular weight is 628 g/mol. The lowest BCUT2D eigenvalue weighted by Gasteiger charge is -2.37. The molecule has 236 valence electrons. The minimum atomic E-state index is -0.872. The maximum absolute atomic E-state index is 15.0. The summed E-state index contributed by atoms with van der Waals surface area (Å²) in [5.74, 6) is -0.993. The number of aromatic nitrogens is 3. The first kappa shape index (κ1) is 31.1. The summed E-state index contributed by atoms with van der Waals surface area (Å²) >= 11 is 6.67. The summed E-state index contributed by atoms with van der Waals surface area (Å²) in [7, 11) is 1.90. The SMILES string of the molecule is Cc1cc(C(C)(C)c2ncnn2C)c(C2CCN(C(=O)C3CC(N4CC[C@H](F)C4)CC3c3ccc(F)cc3F)CC2)cc1Cl. The van der Waals surface area contributed by atoms with Gasteiger partial charge in [0.05, 0.1) is 0 Å². The second kappa shape index (κ2) is 12.1. The number of hydrogen-bond donors (Lipinski definition) is 0. The Bertz CT molecular complexity index is 1540. The molecule has 2 aliphatic heterocycles. The smallest absolute Gasteiger partial charge is 0.226 e. The Balaban J connectivity index is 1.23. The van der Waals surface area contributed by atoms with Gasteiger partial charge in [0, 0.05) is 61.7 Å². The van der Waals surface area contributed by atoms with Crippen LogP contribution in [0.25, 0.3) is 0 Å². The Morgan fingerprint density at radius 1 is 1.02 bits per heavy atom. The van der Waals surface area contributed by atoms with Crippen molar-refractivity contribution in [3.05, 3.63) is 81.4 Å². The number of piperidine rings is 1. The molecular weight excluding hydrogens is 587 g/mol. The number of halogens is 4. The minimum Gasteiger partial charge on any atom is -0.342 e. The second-order valence-corrected chi connectivity index (χ2v) is 13.9. The van der Waals surface area contributed by atoms with E-state index in [0.717, 1.165) is 40.9 Å². The lowest BCUT2D eigenvalue weighted by atomic mass is 9.75. The van der Waals surface area contributed by atoms with Crippen molar-refractivity contribution in [3.8, 4) is 0 Å². The van der Waals surface area contributed by atoms with Crippen LogP contribution in [-0.4, -0.2) is 68.9 Å². The summed E-state index contributed by atoms with van der Waals surface area (Å²) in [6, 6.07) is 7.87. The highest BCUT2D eigenvalue weighted by atomic mass is 35.5. The van der Waals surface area contributed by atoms with Gasteiger partial charge < -0.3 is 4.90 Å². The number of aryl methyl sites for hydroxylation is 2. The Morgan fingerprint density at radius 3 is 2.41 bits per heavy atom. The average Bonchev–Trinajstić information content (AvgIpc) is 3.74. The lowest BCUT2D eigenvalue weighted by molar-refractivity contribution is -0.137. The van der Waals surface area contributed by atoms with Crippen molar-refractivity contribution in [2.75, 3.05) is 26.2 Å². The zero-order valence-electron chi connectivity index (χ0n) is 25.9. The van der Waals surface area contributed by atoms with Crippen LogP contribution in [0, 0.1) is 24.5 Å². The summed E-state index contributed by atoms with van der Waals surface area (Å²) in [5, 5.41) is 5.02. The van der Waals surface area contributed by atoms with Crippen LogP contribution in [0.15, 0.2) is 36.7 Å². The Kier molecular flexibility index (Phi) is 8.56. The van der Waals surface area contributed by atoms with Crippen LogP contribution in [0.2, 0.25) is 5.02 Å². The molecule has 0 bridgehead atoms. The molecule has 0 N–H and O–H groups in total. The summed E-state index contributed by atoms with van der Waals surface area (Å²) in [5.41, 5.74) is 3.29. The van der Waals surface area contributed by atoms with Crippen LogP contribution >= 0.6 is 11.6 Å². The van der Waals surface area contributed by atoms with E-state index in [-0.39, 0.29) is 23.8 Å². The maximum Gasteiger partial charge on any atom is 0.226 e. The summed E-state index contributed by atoms with van der Waals surface area (Å²) in [6.07, 6.45) is 3.84. The predicted molar refractivity (Wildman–Crippen MR) is 165 cm³/mol. The Hall–Kier alpha value is -2.91. The maximum atomic E-state index is 15.0. The topological polar surface area (TPSA) is 54.3 Å². The number of likely N-dealkylation sites (tertiary alicyclic amines) is 2. The number of benzene rings is 2. The van der Waals surface area contributed by atoms with Crippen molar-refractivity contribution in [2.45, 2.75) is 82.3 Å². The number of carbonyl (C=O) groups excluding carboxylic acids is 1. The van der Waals surface area contributed by atoms with E-state index >= 15 is 4.39 Å². The molecule has 1 aliphatic carbocycles. The molecule has 6 nitrogen and oxygen atoms in total. The molecule has 2 saturated heterocycles.